The summed E-state index contributed by atoms with van der Waals surface area (Å²) in [6.45, 7) is 4.33. The first-order chi connectivity index (χ1) is 14.4. The number of rotatable bonds is 7. The van der Waals surface area contributed by atoms with E-state index in [1.807, 2.05) is 26.0 Å². The standard InChI is InChI=1S/C22H20Cl2N2O3S/c1-4-8-29-20-16(24)10-14(11-18(20)28-5-2)12-19-21(27)26-22(30-19)25-17-7-6-15(23)9-13(17)3/h1,6-7,9-12,22,25H,5,8H2,2-3H3,(H,26,27)/b19-12-. The normalized spacial score (nSPS) is 16.8. The Balaban J connectivity index is 1.80. The van der Waals surface area contributed by atoms with Gasteiger partial charge in [0.25, 0.3) is 5.91 Å². The van der Waals surface area contributed by atoms with E-state index in [0.717, 1.165) is 16.8 Å². The molecule has 0 radical (unpaired) electrons. The Morgan fingerprint density at radius 1 is 1.30 bits per heavy atom. The maximum Gasteiger partial charge on any atom is 0.260 e. The molecule has 1 heterocycles. The molecule has 3 rings (SSSR count). The second-order valence-electron chi connectivity index (χ2n) is 6.34. The number of aryl methyl sites for hydroxylation is 1. The van der Waals surface area contributed by atoms with Gasteiger partial charge in [-0.3, -0.25) is 4.79 Å². The van der Waals surface area contributed by atoms with Crippen molar-refractivity contribution in [2.24, 2.45) is 0 Å². The fraction of sp³-hybridized carbons (Fsp3) is 0.227. The summed E-state index contributed by atoms with van der Waals surface area (Å²) in [6, 6.07) is 9.03. The molecule has 5 nitrogen and oxygen atoms in total. The highest BCUT2D eigenvalue weighted by atomic mass is 35.5. The summed E-state index contributed by atoms with van der Waals surface area (Å²) < 4.78 is 11.1. The molecular weight excluding hydrogens is 443 g/mol. The Morgan fingerprint density at radius 3 is 2.80 bits per heavy atom. The number of ether oxygens (including phenoxy) is 2. The van der Waals surface area contributed by atoms with Crippen molar-refractivity contribution in [1.82, 2.24) is 5.32 Å². The first-order valence-corrected chi connectivity index (χ1v) is 10.8. The van der Waals surface area contributed by atoms with Gasteiger partial charge in [-0.25, -0.2) is 0 Å². The number of benzene rings is 2. The van der Waals surface area contributed by atoms with E-state index in [9.17, 15) is 4.79 Å². The van der Waals surface area contributed by atoms with Crippen molar-refractivity contribution in [2.75, 3.05) is 18.5 Å². The Labute approximate surface area is 190 Å². The summed E-state index contributed by atoms with van der Waals surface area (Å²) in [7, 11) is 0. The second kappa shape index (κ2) is 10.0. The molecule has 2 aromatic rings. The van der Waals surface area contributed by atoms with Crippen LogP contribution in [0.15, 0.2) is 35.2 Å². The van der Waals surface area contributed by atoms with Gasteiger partial charge >= 0.3 is 0 Å². The Morgan fingerprint density at radius 2 is 2.10 bits per heavy atom. The molecule has 2 aromatic carbocycles. The van der Waals surface area contributed by atoms with Gasteiger partial charge in [-0.2, -0.15) is 0 Å². The number of amides is 1. The number of nitrogens with one attached hydrogen (secondary N) is 2. The molecule has 2 N–H and O–H groups in total. The van der Waals surface area contributed by atoms with Gasteiger partial charge in [0, 0.05) is 10.7 Å². The van der Waals surface area contributed by atoms with Crippen molar-refractivity contribution in [2.45, 2.75) is 19.3 Å². The molecule has 30 heavy (non-hydrogen) atoms. The van der Waals surface area contributed by atoms with Gasteiger partial charge in [-0.1, -0.05) is 40.9 Å². The van der Waals surface area contributed by atoms with E-state index >= 15 is 0 Å². The van der Waals surface area contributed by atoms with Crippen LogP contribution in [0.4, 0.5) is 5.69 Å². The number of hydrogen-bond acceptors (Lipinski definition) is 5. The van der Waals surface area contributed by atoms with Crippen LogP contribution in [-0.2, 0) is 4.79 Å². The van der Waals surface area contributed by atoms with Gasteiger partial charge in [0.1, 0.15) is 6.61 Å². The fourth-order valence-corrected chi connectivity index (χ4v) is 4.31. The molecule has 1 saturated heterocycles. The minimum atomic E-state index is -0.302. The lowest BCUT2D eigenvalue weighted by Gasteiger charge is -2.15. The van der Waals surface area contributed by atoms with Crippen LogP contribution in [0.25, 0.3) is 6.08 Å². The number of halogens is 2. The van der Waals surface area contributed by atoms with Crippen LogP contribution in [0.1, 0.15) is 18.1 Å². The minimum Gasteiger partial charge on any atom is -0.490 e. The highest BCUT2D eigenvalue weighted by Gasteiger charge is 2.27. The van der Waals surface area contributed by atoms with E-state index in [2.05, 4.69) is 16.6 Å². The topological polar surface area (TPSA) is 59.6 Å². The predicted octanol–water partition coefficient (Wildman–Crippen LogP) is 5.31. The van der Waals surface area contributed by atoms with Crippen LogP contribution < -0.4 is 20.1 Å². The second-order valence-corrected chi connectivity index (χ2v) is 8.33. The first-order valence-electron chi connectivity index (χ1n) is 9.15. The van der Waals surface area contributed by atoms with Crippen LogP contribution >= 0.6 is 35.0 Å². The van der Waals surface area contributed by atoms with Crippen LogP contribution in [-0.4, -0.2) is 24.6 Å². The third-order valence-electron chi connectivity index (χ3n) is 4.14. The van der Waals surface area contributed by atoms with Gasteiger partial charge < -0.3 is 20.1 Å². The molecule has 1 fully saturated rings. The van der Waals surface area contributed by atoms with Gasteiger partial charge in [-0.05, 0) is 61.4 Å². The average molecular weight is 463 g/mol. The lowest BCUT2D eigenvalue weighted by atomic mass is 10.2. The molecule has 1 unspecified atom stereocenters. The number of carbonyl (C=O) groups excluding carboxylic acids is 1. The van der Waals surface area contributed by atoms with Crippen LogP contribution in [0.3, 0.4) is 0 Å². The third-order valence-corrected chi connectivity index (χ3v) is 5.68. The number of hydrogen-bond donors (Lipinski definition) is 2. The minimum absolute atomic E-state index is 0.0793. The molecule has 0 bridgehead atoms. The van der Waals surface area contributed by atoms with Crippen LogP contribution in [0, 0.1) is 19.3 Å². The van der Waals surface area contributed by atoms with Crippen molar-refractivity contribution >= 4 is 52.6 Å². The zero-order chi connectivity index (χ0) is 21.7. The van der Waals surface area contributed by atoms with Crippen LogP contribution in [0.2, 0.25) is 10.0 Å². The van der Waals surface area contributed by atoms with E-state index in [-0.39, 0.29) is 18.0 Å². The van der Waals surface area contributed by atoms with E-state index in [1.165, 1.54) is 11.8 Å². The van der Waals surface area contributed by atoms with Gasteiger partial charge in [-0.15, -0.1) is 6.42 Å². The monoisotopic (exact) mass is 462 g/mol. The molecule has 156 valence electrons. The van der Waals surface area contributed by atoms with Crippen molar-refractivity contribution in [1.29, 1.82) is 0 Å². The lowest BCUT2D eigenvalue weighted by molar-refractivity contribution is -0.116. The number of thioether (sulfide) groups is 1. The van der Waals surface area contributed by atoms with Crippen molar-refractivity contribution in [3.8, 4) is 23.8 Å². The zero-order valence-electron chi connectivity index (χ0n) is 16.4. The van der Waals surface area contributed by atoms with Gasteiger partial charge in [0.15, 0.2) is 17.0 Å². The van der Waals surface area contributed by atoms with E-state index in [1.54, 1.807) is 24.3 Å². The number of terminal acetylenes is 1. The Bertz CT molecular complexity index is 1030. The molecule has 0 aromatic heterocycles. The van der Waals surface area contributed by atoms with E-state index < -0.39 is 0 Å². The molecule has 1 atom stereocenters. The van der Waals surface area contributed by atoms with E-state index in [0.29, 0.717) is 33.1 Å². The van der Waals surface area contributed by atoms with E-state index in [4.69, 9.17) is 39.1 Å². The highest BCUT2D eigenvalue weighted by Crippen LogP contribution is 2.38. The van der Waals surface area contributed by atoms with Gasteiger partial charge in [0.2, 0.25) is 0 Å². The number of anilines is 1. The Kier molecular flexibility index (Phi) is 7.43. The van der Waals surface area contributed by atoms with Gasteiger partial charge in [0.05, 0.1) is 16.5 Å². The molecule has 1 aliphatic heterocycles. The summed E-state index contributed by atoms with van der Waals surface area (Å²) in [6.07, 6.45) is 7.02. The third kappa shape index (κ3) is 5.37. The van der Waals surface area contributed by atoms with Crippen molar-refractivity contribution in [3.05, 3.63) is 56.4 Å². The summed E-state index contributed by atoms with van der Waals surface area (Å²) in [4.78, 5) is 13.0. The molecular formula is C22H20Cl2N2O3S. The quantitative estimate of drug-likeness (QED) is 0.431. The van der Waals surface area contributed by atoms with Crippen molar-refractivity contribution in [3.63, 3.8) is 0 Å². The lowest BCUT2D eigenvalue weighted by Crippen LogP contribution is -2.31. The maximum absolute atomic E-state index is 12.4. The summed E-state index contributed by atoms with van der Waals surface area (Å²) in [5.74, 6) is 3.09. The highest BCUT2D eigenvalue weighted by molar-refractivity contribution is 8.05. The summed E-state index contributed by atoms with van der Waals surface area (Å²) >= 11 is 13.7. The number of carbonyl (C=O) groups is 1. The molecule has 0 spiro atoms. The molecule has 0 saturated carbocycles. The average Bonchev–Trinajstić information content (AvgIpc) is 3.02. The summed E-state index contributed by atoms with van der Waals surface area (Å²) in [5, 5.41) is 7.23. The SMILES string of the molecule is C#CCOc1c(Cl)cc(/C=C2\SC(Nc3ccc(Cl)cc3C)NC2=O)cc1OCC. The smallest absolute Gasteiger partial charge is 0.260 e. The largest absolute Gasteiger partial charge is 0.490 e. The molecule has 1 amide bonds. The molecule has 1 aliphatic rings. The molecule has 0 aliphatic carbocycles. The maximum atomic E-state index is 12.4. The van der Waals surface area contributed by atoms with Crippen LogP contribution in [0.5, 0.6) is 11.5 Å². The zero-order valence-corrected chi connectivity index (χ0v) is 18.8. The Hall–Kier alpha value is -2.46. The summed E-state index contributed by atoms with van der Waals surface area (Å²) in [5.41, 5.74) is 2.31. The predicted molar refractivity (Wildman–Crippen MR) is 124 cm³/mol. The first kappa shape index (κ1) is 22.2. The molecule has 8 heteroatoms. The fourth-order valence-electron chi connectivity index (χ4n) is 2.84. The van der Waals surface area contributed by atoms with Crippen molar-refractivity contribution < 1.29 is 14.3 Å².